The predicted molar refractivity (Wildman–Crippen MR) is 94.4 cm³/mol. The zero-order valence-electron chi connectivity index (χ0n) is 14.2. The van der Waals surface area contributed by atoms with Crippen molar-refractivity contribution in [2.24, 2.45) is 5.92 Å². The van der Waals surface area contributed by atoms with Gasteiger partial charge in [-0.1, -0.05) is 6.07 Å². The van der Waals surface area contributed by atoms with Gasteiger partial charge in [0.05, 0.1) is 17.8 Å². The highest BCUT2D eigenvalue weighted by Crippen LogP contribution is 2.24. The Kier molecular flexibility index (Phi) is 5.58. The minimum atomic E-state index is -1.06. The third kappa shape index (κ3) is 4.23. The molecule has 0 saturated carbocycles. The summed E-state index contributed by atoms with van der Waals surface area (Å²) in [6.07, 6.45) is 2.72. The van der Waals surface area contributed by atoms with Crippen molar-refractivity contribution in [3.63, 3.8) is 0 Å². The summed E-state index contributed by atoms with van der Waals surface area (Å²) in [5.74, 6) is -1.67. The molecule has 0 unspecified atom stereocenters. The van der Waals surface area contributed by atoms with E-state index < -0.39 is 11.8 Å². The van der Waals surface area contributed by atoms with Crippen molar-refractivity contribution in [1.82, 2.24) is 10.3 Å². The Bertz CT molecular complexity index is 789. The number of pyridine rings is 1. The van der Waals surface area contributed by atoms with E-state index >= 15 is 0 Å². The first-order valence-corrected chi connectivity index (χ1v) is 8.50. The topological polar surface area (TPSA) is 82.5 Å². The molecule has 0 aliphatic carbocycles. The van der Waals surface area contributed by atoms with Crippen LogP contribution in [-0.4, -0.2) is 35.1 Å². The molecule has 136 valence electrons. The van der Waals surface area contributed by atoms with E-state index in [1.807, 2.05) is 0 Å². The molecule has 1 amide bonds. The quantitative estimate of drug-likeness (QED) is 0.859. The Morgan fingerprint density at radius 1 is 1.23 bits per heavy atom. The second-order valence-electron chi connectivity index (χ2n) is 6.27. The Morgan fingerprint density at radius 3 is 2.62 bits per heavy atom. The van der Waals surface area contributed by atoms with Crippen molar-refractivity contribution in [3.8, 4) is 0 Å². The maximum absolute atomic E-state index is 13.7. The number of aromatic nitrogens is 1. The van der Waals surface area contributed by atoms with E-state index in [9.17, 15) is 14.0 Å². The van der Waals surface area contributed by atoms with Gasteiger partial charge in [-0.2, -0.15) is 0 Å². The average Bonchev–Trinajstić information content (AvgIpc) is 2.66. The normalized spacial score (nSPS) is 14.8. The lowest BCUT2D eigenvalue weighted by molar-refractivity contribution is -0.123. The van der Waals surface area contributed by atoms with Crippen LogP contribution in [0.3, 0.4) is 0 Å². The lowest BCUT2D eigenvalue weighted by Gasteiger charge is -2.29. The summed E-state index contributed by atoms with van der Waals surface area (Å²) in [5.41, 5.74) is 1.09. The number of rotatable bonds is 5. The summed E-state index contributed by atoms with van der Waals surface area (Å²) < 4.78 is 13.7. The standard InChI is InChI=1S/C19H20FN3O3/c20-15-2-1-3-17(10-15)23(18(24)13-6-8-21-9-7-13)12-16-5-4-14(11-22-16)19(25)26/h1-5,10-11,13,21H,6-9,12H2,(H,25,26). The van der Waals surface area contributed by atoms with Crippen molar-refractivity contribution in [1.29, 1.82) is 0 Å². The molecule has 1 aromatic carbocycles. The molecule has 1 aromatic heterocycles. The van der Waals surface area contributed by atoms with Crippen molar-refractivity contribution < 1.29 is 19.1 Å². The number of nitrogens with zero attached hydrogens (tertiary/aromatic N) is 2. The summed E-state index contributed by atoms with van der Waals surface area (Å²) in [4.78, 5) is 29.7. The zero-order valence-corrected chi connectivity index (χ0v) is 14.2. The van der Waals surface area contributed by atoms with Gasteiger partial charge in [0, 0.05) is 17.8 Å². The van der Waals surface area contributed by atoms with Crippen LogP contribution in [0.4, 0.5) is 10.1 Å². The number of benzene rings is 1. The fourth-order valence-corrected chi connectivity index (χ4v) is 3.04. The van der Waals surface area contributed by atoms with E-state index in [0.29, 0.717) is 11.4 Å². The smallest absolute Gasteiger partial charge is 0.337 e. The first-order chi connectivity index (χ1) is 12.5. The molecule has 1 fully saturated rings. The molecule has 1 aliphatic rings. The minimum Gasteiger partial charge on any atom is -0.478 e. The van der Waals surface area contributed by atoms with Gasteiger partial charge >= 0.3 is 5.97 Å². The lowest BCUT2D eigenvalue weighted by atomic mass is 9.96. The number of halogens is 1. The van der Waals surface area contributed by atoms with Crippen molar-refractivity contribution in [3.05, 3.63) is 59.7 Å². The molecular formula is C19H20FN3O3. The number of carboxylic acids is 1. The van der Waals surface area contributed by atoms with Gasteiger partial charge in [-0.15, -0.1) is 0 Å². The van der Waals surface area contributed by atoms with Crippen LogP contribution in [0.25, 0.3) is 0 Å². The van der Waals surface area contributed by atoms with Crippen molar-refractivity contribution >= 4 is 17.6 Å². The van der Waals surface area contributed by atoms with Crippen LogP contribution in [0.5, 0.6) is 0 Å². The van der Waals surface area contributed by atoms with Gasteiger partial charge in [0.1, 0.15) is 5.82 Å². The number of carboxylic acid groups (broad SMARTS) is 1. The average molecular weight is 357 g/mol. The van der Waals surface area contributed by atoms with Gasteiger partial charge in [-0.05, 0) is 56.3 Å². The van der Waals surface area contributed by atoms with Crippen molar-refractivity contribution in [2.75, 3.05) is 18.0 Å². The summed E-state index contributed by atoms with van der Waals surface area (Å²) in [6.45, 7) is 1.71. The van der Waals surface area contributed by atoms with Crippen LogP contribution >= 0.6 is 0 Å². The number of aromatic carboxylic acids is 1. The van der Waals surface area contributed by atoms with Crippen LogP contribution in [0.1, 0.15) is 28.9 Å². The Morgan fingerprint density at radius 2 is 2.00 bits per heavy atom. The van der Waals surface area contributed by atoms with Crippen LogP contribution < -0.4 is 10.2 Å². The van der Waals surface area contributed by atoms with Gasteiger partial charge in [-0.25, -0.2) is 9.18 Å². The zero-order chi connectivity index (χ0) is 18.5. The first-order valence-electron chi connectivity index (χ1n) is 8.50. The number of hydrogen-bond acceptors (Lipinski definition) is 4. The van der Waals surface area contributed by atoms with Crippen LogP contribution in [0.2, 0.25) is 0 Å². The second-order valence-corrected chi connectivity index (χ2v) is 6.27. The van der Waals surface area contributed by atoms with Gasteiger partial charge < -0.3 is 15.3 Å². The maximum atomic E-state index is 13.7. The number of hydrogen-bond donors (Lipinski definition) is 2. The molecular weight excluding hydrogens is 337 g/mol. The number of piperidine rings is 1. The largest absolute Gasteiger partial charge is 0.478 e. The van der Waals surface area contributed by atoms with E-state index in [0.717, 1.165) is 25.9 Å². The fourth-order valence-electron chi connectivity index (χ4n) is 3.04. The molecule has 1 aliphatic heterocycles. The van der Waals surface area contributed by atoms with Crippen LogP contribution in [-0.2, 0) is 11.3 Å². The van der Waals surface area contributed by atoms with Gasteiger partial charge in [0.25, 0.3) is 0 Å². The minimum absolute atomic E-state index is 0.0683. The highest BCUT2D eigenvalue weighted by Gasteiger charge is 2.27. The molecule has 2 heterocycles. The Balaban J connectivity index is 1.87. The Hall–Kier alpha value is -2.80. The van der Waals surface area contributed by atoms with Gasteiger partial charge in [0.2, 0.25) is 5.91 Å². The number of nitrogens with one attached hydrogen (secondary N) is 1. The van der Waals surface area contributed by atoms with Gasteiger partial charge in [-0.3, -0.25) is 9.78 Å². The maximum Gasteiger partial charge on any atom is 0.337 e. The lowest BCUT2D eigenvalue weighted by Crippen LogP contribution is -2.41. The van der Waals surface area contributed by atoms with Crippen LogP contribution in [0.15, 0.2) is 42.6 Å². The summed E-state index contributed by atoms with van der Waals surface area (Å²) >= 11 is 0. The molecule has 0 bridgehead atoms. The number of anilines is 1. The molecule has 0 atom stereocenters. The number of carbonyl (C=O) groups is 2. The number of amides is 1. The summed E-state index contributed by atoms with van der Waals surface area (Å²) in [6, 6.07) is 8.93. The third-order valence-corrected chi connectivity index (χ3v) is 4.47. The summed E-state index contributed by atoms with van der Waals surface area (Å²) in [7, 11) is 0. The molecule has 3 rings (SSSR count). The molecule has 7 heteroatoms. The predicted octanol–water partition coefficient (Wildman–Crippen LogP) is 2.45. The molecule has 2 N–H and O–H groups in total. The van der Waals surface area contributed by atoms with E-state index in [1.54, 1.807) is 18.2 Å². The van der Waals surface area contributed by atoms with Crippen LogP contribution in [0, 0.1) is 11.7 Å². The fraction of sp³-hybridized carbons (Fsp3) is 0.316. The highest BCUT2D eigenvalue weighted by molar-refractivity contribution is 5.95. The second kappa shape index (κ2) is 8.05. The van der Waals surface area contributed by atoms with Crippen molar-refractivity contribution in [2.45, 2.75) is 19.4 Å². The molecule has 0 spiro atoms. The van der Waals surface area contributed by atoms with E-state index in [4.69, 9.17) is 5.11 Å². The third-order valence-electron chi connectivity index (χ3n) is 4.47. The Labute approximate surface area is 150 Å². The molecule has 26 heavy (non-hydrogen) atoms. The summed E-state index contributed by atoms with van der Waals surface area (Å²) in [5, 5.41) is 12.2. The van der Waals surface area contributed by atoms with E-state index in [1.165, 1.54) is 29.3 Å². The monoisotopic (exact) mass is 357 g/mol. The van der Waals surface area contributed by atoms with E-state index in [2.05, 4.69) is 10.3 Å². The van der Waals surface area contributed by atoms with Gasteiger partial charge in [0.15, 0.2) is 0 Å². The molecule has 2 aromatic rings. The highest BCUT2D eigenvalue weighted by atomic mass is 19.1. The SMILES string of the molecule is O=C(O)c1ccc(CN(C(=O)C2CCNCC2)c2cccc(F)c2)nc1. The molecule has 0 radical (unpaired) electrons. The van der Waals surface area contributed by atoms with E-state index in [-0.39, 0.29) is 23.9 Å². The first kappa shape index (κ1) is 18.0. The number of carbonyl (C=O) groups excluding carboxylic acids is 1. The molecule has 6 nitrogen and oxygen atoms in total. The molecule has 1 saturated heterocycles.